The van der Waals surface area contributed by atoms with Crippen LogP contribution in [0.3, 0.4) is 0 Å². The van der Waals surface area contributed by atoms with E-state index in [0.29, 0.717) is 6.54 Å². The third kappa shape index (κ3) is 5.41. The first-order chi connectivity index (χ1) is 9.95. The molecule has 0 radical (unpaired) electrons. The average Bonchev–Trinajstić information content (AvgIpc) is 2.46. The fraction of sp³-hybridized carbons (Fsp3) is 0.467. The number of carbonyl (C=O) groups is 2. The van der Waals surface area contributed by atoms with Gasteiger partial charge in [-0.05, 0) is 31.5 Å². The van der Waals surface area contributed by atoms with Crippen LogP contribution < -0.4 is 11.1 Å². The molecule has 0 bridgehead atoms. The lowest BCUT2D eigenvalue weighted by Gasteiger charge is -2.13. The molecule has 0 fully saturated rings. The Morgan fingerprint density at radius 1 is 1.38 bits per heavy atom. The standard InChI is InChI=1S/C15H21FN2O3/c1-3-4-5-8-18-14(19)10(2)21-15(20)11-6-7-12(16)13(17)9-11/h6-7,9-10H,3-5,8,17H2,1-2H3,(H,18,19). The first-order valence-corrected chi connectivity index (χ1v) is 6.99. The van der Waals surface area contributed by atoms with Gasteiger partial charge in [0.15, 0.2) is 6.10 Å². The second-order valence-electron chi connectivity index (χ2n) is 4.78. The second-order valence-corrected chi connectivity index (χ2v) is 4.78. The van der Waals surface area contributed by atoms with Crippen molar-refractivity contribution in [1.29, 1.82) is 0 Å². The normalized spacial score (nSPS) is 11.8. The summed E-state index contributed by atoms with van der Waals surface area (Å²) in [5.74, 6) is -1.67. The lowest BCUT2D eigenvalue weighted by molar-refractivity contribution is -0.129. The molecule has 0 spiro atoms. The summed E-state index contributed by atoms with van der Waals surface area (Å²) in [5.41, 5.74) is 5.35. The number of nitrogens with two attached hydrogens (primary N) is 1. The number of anilines is 1. The summed E-state index contributed by atoms with van der Waals surface area (Å²) < 4.78 is 18.0. The molecular formula is C15H21FN2O3. The number of esters is 1. The molecule has 0 aromatic heterocycles. The summed E-state index contributed by atoms with van der Waals surface area (Å²) in [6, 6.07) is 3.53. The van der Waals surface area contributed by atoms with Crippen molar-refractivity contribution in [1.82, 2.24) is 5.32 Å². The van der Waals surface area contributed by atoms with Gasteiger partial charge < -0.3 is 15.8 Å². The van der Waals surface area contributed by atoms with Crippen LogP contribution in [0.2, 0.25) is 0 Å². The molecule has 0 aliphatic heterocycles. The second kappa shape index (κ2) is 8.24. The van der Waals surface area contributed by atoms with E-state index in [-0.39, 0.29) is 17.2 Å². The highest BCUT2D eigenvalue weighted by Crippen LogP contribution is 2.13. The van der Waals surface area contributed by atoms with E-state index in [4.69, 9.17) is 10.5 Å². The Labute approximate surface area is 123 Å². The summed E-state index contributed by atoms with van der Waals surface area (Å²) in [6.07, 6.45) is 2.07. The van der Waals surface area contributed by atoms with Crippen LogP contribution in [0, 0.1) is 5.82 Å². The Morgan fingerprint density at radius 2 is 2.10 bits per heavy atom. The van der Waals surface area contributed by atoms with E-state index in [2.05, 4.69) is 12.2 Å². The molecule has 5 nitrogen and oxygen atoms in total. The number of nitrogen functional groups attached to an aromatic ring is 1. The van der Waals surface area contributed by atoms with Gasteiger partial charge in [-0.15, -0.1) is 0 Å². The van der Waals surface area contributed by atoms with Gasteiger partial charge >= 0.3 is 5.97 Å². The number of hydrogen-bond donors (Lipinski definition) is 2. The van der Waals surface area contributed by atoms with Crippen molar-refractivity contribution < 1.29 is 18.7 Å². The molecule has 1 unspecified atom stereocenters. The minimum atomic E-state index is -0.912. The minimum Gasteiger partial charge on any atom is -0.449 e. The summed E-state index contributed by atoms with van der Waals surface area (Å²) in [7, 11) is 0. The molecule has 0 heterocycles. The van der Waals surface area contributed by atoms with Crippen molar-refractivity contribution in [3.05, 3.63) is 29.6 Å². The molecule has 21 heavy (non-hydrogen) atoms. The number of nitrogens with one attached hydrogen (secondary N) is 1. The largest absolute Gasteiger partial charge is 0.449 e. The molecule has 0 aliphatic carbocycles. The molecule has 0 saturated heterocycles. The SMILES string of the molecule is CCCCCNC(=O)C(C)OC(=O)c1ccc(F)c(N)c1. The van der Waals surface area contributed by atoms with Crippen LogP contribution in [0.15, 0.2) is 18.2 Å². The van der Waals surface area contributed by atoms with Gasteiger partial charge in [0.1, 0.15) is 5.82 Å². The van der Waals surface area contributed by atoms with Crippen LogP contribution in [0.25, 0.3) is 0 Å². The Bertz CT molecular complexity index is 506. The van der Waals surface area contributed by atoms with Gasteiger partial charge in [-0.3, -0.25) is 4.79 Å². The Kier molecular flexibility index (Phi) is 6.65. The van der Waals surface area contributed by atoms with E-state index in [1.54, 1.807) is 0 Å². The van der Waals surface area contributed by atoms with Crippen molar-refractivity contribution in [3.63, 3.8) is 0 Å². The van der Waals surface area contributed by atoms with Crippen molar-refractivity contribution >= 4 is 17.6 Å². The molecule has 6 heteroatoms. The highest BCUT2D eigenvalue weighted by Gasteiger charge is 2.19. The van der Waals surface area contributed by atoms with E-state index < -0.39 is 17.9 Å². The van der Waals surface area contributed by atoms with Crippen LogP contribution >= 0.6 is 0 Å². The molecule has 0 saturated carbocycles. The smallest absolute Gasteiger partial charge is 0.338 e. The van der Waals surface area contributed by atoms with Crippen molar-refractivity contribution in [2.24, 2.45) is 0 Å². The van der Waals surface area contributed by atoms with Crippen molar-refractivity contribution in [2.45, 2.75) is 39.2 Å². The maximum Gasteiger partial charge on any atom is 0.338 e. The Hall–Kier alpha value is -2.11. The zero-order valence-electron chi connectivity index (χ0n) is 12.3. The monoisotopic (exact) mass is 296 g/mol. The minimum absolute atomic E-state index is 0.111. The lowest BCUT2D eigenvalue weighted by Crippen LogP contribution is -2.36. The molecule has 0 aliphatic rings. The van der Waals surface area contributed by atoms with Crippen LogP contribution in [-0.2, 0) is 9.53 Å². The maximum atomic E-state index is 13.0. The number of benzene rings is 1. The topological polar surface area (TPSA) is 81.4 Å². The maximum absolute atomic E-state index is 13.0. The highest BCUT2D eigenvalue weighted by molar-refractivity contribution is 5.93. The van der Waals surface area contributed by atoms with Crippen LogP contribution in [0.1, 0.15) is 43.5 Å². The molecule has 1 aromatic carbocycles. The van der Waals surface area contributed by atoms with Crippen molar-refractivity contribution in [3.8, 4) is 0 Å². The number of carbonyl (C=O) groups excluding carboxylic acids is 2. The molecule has 116 valence electrons. The van der Waals surface area contributed by atoms with Gasteiger partial charge in [-0.25, -0.2) is 9.18 Å². The molecule has 3 N–H and O–H groups in total. The van der Waals surface area contributed by atoms with E-state index in [1.807, 2.05) is 0 Å². The number of halogens is 1. The van der Waals surface area contributed by atoms with Gasteiger partial charge in [-0.2, -0.15) is 0 Å². The van der Waals surface area contributed by atoms with E-state index in [1.165, 1.54) is 19.1 Å². The fourth-order valence-electron chi connectivity index (χ4n) is 1.68. The third-order valence-corrected chi connectivity index (χ3v) is 2.96. The first-order valence-electron chi connectivity index (χ1n) is 6.99. The zero-order chi connectivity index (χ0) is 15.8. The number of hydrogen-bond acceptors (Lipinski definition) is 4. The summed E-state index contributed by atoms with van der Waals surface area (Å²) in [4.78, 5) is 23.5. The third-order valence-electron chi connectivity index (χ3n) is 2.96. The fourth-order valence-corrected chi connectivity index (χ4v) is 1.68. The molecule has 1 rings (SSSR count). The Morgan fingerprint density at radius 3 is 2.71 bits per heavy atom. The van der Waals surface area contributed by atoms with Gasteiger partial charge in [0.2, 0.25) is 0 Å². The van der Waals surface area contributed by atoms with E-state index >= 15 is 0 Å². The number of unbranched alkanes of at least 4 members (excludes halogenated alkanes) is 2. The number of ether oxygens (including phenoxy) is 1. The van der Waals surface area contributed by atoms with Gasteiger partial charge in [-0.1, -0.05) is 19.8 Å². The highest BCUT2D eigenvalue weighted by atomic mass is 19.1. The quantitative estimate of drug-likeness (QED) is 0.459. The average molecular weight is 296 g/mol. The summed E-state index contributed by atoms with van der Waals surface area (Å²) in [6.45, 7) is 4.11. The predicted octanol–water partition coefficient (Wildman–Crippen LogP) is 2.26. The first kappa shape index (κ1) is 16.9. The molecule has 1 aromatic rings. The number of rotatable bonds is 7. The molecule has 1 amide bonds. The van der Waals surface area contributed by atoms with Gasteiger partial charge in [0.05, 0.1) is 11.3 Å². The number of amides is 1. The van der Waals surface area contributed by atoms with E-state index in [0.717, 1.165) is 25.3 Å². The lowest BCUT2D eigenvalue weighted by atomic mass is 10.2. The summed E-state index contributed by atoms with van der Waals surface area (Å²) in [5, 5.41) is 2.69. The zero-order valence-corrected chi connectivity index (χ0v) is 12.3. The summed E-state index contributed by atoms with van der Waals surface area (Å²) >= 11 is 0. The molecule has 1 atom stereocenters. The van der Waals surface area contributed by atoms with Crippen LogP contribution in [-0.4, -0.2) is 24.5 Å². The van der Waals surface area contributed by atoms with Crippen molar-refractivity contribution in [2.75, 3.05) is 12.3 Å². The molecular weight excluding hydrogens is 275 g/mol. The van der Waals surface area contributed by atoms with E-state index in [9.17, 15) is 14.0 Å². The van der Waals surface area contributed by atoms with Crippen LogP contribution in [0.5, 0.6) is 0 Å². The predicted molar refractivity (Wildman–Crippen MR) is 78.2 cm³/mol. The van der Waals surface area contributed by atoms with Crippen LogP contribution in [0.4, 0.5) is 10.1 Å². The Balaban J connectivity index is 2.49. The van der Waals surface area contributed by atoms with Gasteiger partial charge in [0.25, 0.3) is 5.91 Å². The van der Waals surface area contributed by atoms with Gasteiger partial charge in [0, 0.05) is 6.54 Å².